The fraction of sp³-hybridized carbons (Fsp3) is 0.615. The maximum atomic E-state index is 5.83. The smallest absolute Gasteiger partial charge is 0.128 e. The van der Waals surface area contributed by atoms with E-state index in [4.69, 9.17) is 5.73 Å². The Balaban J connectivity index is 2.06. The number of pyridine rings is 1. The minimum absolute atomic E-state index is 0.0665. The van der Waals surface area contributed by atoms with Crippen LogP contribution < -0.4 is 10.6 Å². The van der Waals surface area contributed by atoms with Crippen LogP contribution in [0.1, 0.15) is 31.9 Å². The van der Waals surface area contributed by atoms with E-state index >= 15 is 0 Å². The van der Waals surface area contributed by atoms with Gasteiger partial charge in [-0.2, -0.15) is 11.8 Å². The van der Waals surface area contributed by atoms with Gasteiger partial charge in [0.05, 0.1) is 0 Å². The molecule has 17 heavy (non-hydrogen) atoms. The van der Waals surface area contributed by atoms with Crippen LogP contribution >= 0.6 is 11.8 Å². The summed E-state index contributed by atoms with van der Waals surface area (Å²) in [4.78, 5) is 6.91. The summed E-state index contributed by atoms with van der Waals surface area (Å²) in [6, 6.07) is 4.26. The van der Waals surface area contributed by atoms with E-state index < -0.39 is 0 Å². The van der Waals surface area contributed by atoms with Crippen LogP contribution in [0.25, 0.3) is 0 Å². The molecule has 2 atom stereocenters. The van der Waals surface area contributed by atoms with E-state index in [9.17, 15) is 0 Å². The zero-order chi connectivity index (χ0) is 12.3. The van der Waals surface area contributed by atoms with Crippen LogP contribution in [0.3, 0.4) is 0 Å². The van der Waals surface area contributed by atoms with Crippen LogP contribution in [0.5, 0.6) is 0 Å². The first-order valence-electron chi connectivity index (χ1n) is 6.28. The monoisotopic (exact) mass is 251 g/mol. The second-order valence-corrected chi connectivity index (χ2v) is 5.99. The number of anilines is 1. The van der Waals surface area contributed by atoms with Gasteiger partial charge < -0.3 is 10.6 Å². The van der Waals surface area contributed by atoms with E-state index in [0.717, 1.165) is 29.7 Å². The summed E-state index contributed by atoms with van der Waals surface area (Å²) in [5.41, 5.74) is 6.93. The van der Waals surface area contributed by atoms with Crippen molar-refractivity contribution in [3.8, 4) is 0 Å². The summed E-state index contributed by atoms with van der Waals surface area (Å²) < 4.78 is 0. The summed E-state index contributed by atoms with van der Waals surface area (Å²) >= 11 is 2.08. The van der Waals surface area contributed by atoms with Gasteiger partial charge in [-0.05, 0) is 25.0 Å². The summed E-state index contributed by atoms with van der Waals surface area (Å²) in [5, 5.41) is 0.749. The molecule has 94 valence electrons. The van der Waals surface area contributed by atoms with Gasteiger partial charge in [0.25, 0.3) is 0 Å². The molecule has 0 bridgehead atoms. The van der Waals surface area contributed by atoms with Crippen LogP contribution in [0.15, 0.2) is 18.3 Å². The van der Waals surface area contributed by atoms with Crippen LogP contribution in [-0.2, 0) is 0 Å². The third-order valence-electron chi connectivity index (χ3n) is 3.21. The van der Waals surface area contributed by atoms with E-state index in [1.54, 1.807) is 0 Å². The molecule has 1 aliphatic heterocycles. The first-order valence-corrected chi connectivity index (χ1v) is 7.33. The molecule has 0 saturated carbocycles. The second-order valence-electron chi connectivity index (χ2n) is 4.59. The van der Waals surface area contributed by atoms with Gasteiger partial charge in [0.1, 0.15) is 5.82 Å². The van der Waals surface area contributed by atoms with Crippen LogP contribution in [0.2, 0.25) is 0 Å². The molecule has 0 spiro atoms. The van der Waals surface area contributed by atoms with E-state index in [1.165, 1.54) is 12.2 Å². The van der Waals surface area contributed by atoms with Gasteiger partial charge in [-0.3, -0.25) is 0 Å². The Morgan fingerprint density at radius 3 is 3.00 bits per heavy atom. The van der Waals surface area contributed by atoms with Gasteiger partial charge >= 0.3 is 0 Å². The van der Waals surface area contributed by atoms with Crippen molar-refractivity contribution in [3.05, 3.63) is 23.9 Å². The average Bonchev–Trinajstić information content (AvgIpc) is 2.39. The Kier molecular flexibility index (Phi) is 4.29. The number of nitrogens with zero attached hydrogens (tertiary/aromatic N) is 2. The maximum absolute atomic E-state index is 5.83. The van der Waals surface area contributed by atoms with E-state index in [1.807, 2.05) is 13.1 Å². The Morgan fingerprint density at radius 1 is 1.59 bits per heavy atom. The van der Waals surface area contributed by atoms with Gasteiger partial charge in [0.15, 0.2) is 0 Å². The number of nitrogens with two attached hydrogens (primary N) is 1. The number of thioether (sulfide) groups is 1. The van der Waals surface area contributed by atoms with Gasteiger partial charge in [-0.1, -0.05) is 13.0 Å². The lowest BCUT2D eigenvalue weighted by Crippen LogP contribution is -2.38. The SMILES string of the molecule is CCC1CN(c2ccc([C@@H](C)N)cn2)CCS1. The highest BCUT2D eigenvalue weighted by Gasteiger charge is 2.19. The molecule has 0 aliphatic carbocycles. The standard InChI is InChI=1S/C13H21N3S/c1-3-12-9-16(6-7-17-12)13-5-4-11(8-15-13)10(2)14/h4-5,8,10,12H,3,6-7,9,14H2,1-2H3/t10-,12?/m1/s1. The molecule has 2 N–H and O–H groups in total. The minimum atomic E-state index is 0.0665. The fourth-order valence-electron chi connectivity index (χ4n) is 2.03. The number of hydrogen-bond donors (Lipinski definition) is 1. The molecule has 1 aromatic rings. The molecule has 0 aromatic carbocycles. The maximum Gasteiger partial charge on any atom is 0.128 e. The van der Waals surface area contributed by atoms with Crippen molar-refractivity contribution in [3.63, 3.8) is 0 Å². The van der Waals surface area contributed by atoms with Crippen LogP contribution in [0, 0.1) is 0 Å². The Hall–Kier alpha value is -0.740. The molecule has 1 fully saturated rings. The molecule has 1 unspecified atom stereocenters. The highest BCUT2D eigenvalue weighted by Crippen LogP contribution is 2.24. The second kappa shape index (κ2) is 5.74. The van der Waals surface area contributed by atoms with Gasteiger partial charge in [-0.15, -0.1) is 0 Å². The zero-order valence-electron chi connectivity index (χ0n) is 10.6. The summed E-state index contributed by atoms with van der Waals surface area (Å²) in [5.74, 6) is 2.29. The molecule has 1 aliphatic rings. The predicted octanol–water partition coefficient (Wildman–Crippen LogP) is 2.43. The van der Waals surface area contributed by atoms with Crippen molar-refractivity contribution in [2.75, 3.05) is 23.7 Å². The van der Waals surface area contributed by atoms with E-state index in [2.05, 4.69) is 40.7 Å². The summed E-state index contributed by atoms with van der Waals surface area (Å²) in [6.07, 6.45) is 3.14. The first kappa shape index (κ1) is 12.7. The van der Waals surface area contributed by atoms with Crippen molar-refractivity contribution in [1.29, 1.82) is 0 Å². The molecule has 0 radical (unpaired) electrons. The minimum Gasteiger partial charge on any atom is -0.355 e. The van der Waals surface area contributed by atoms with Crippen molar-refractivity contribution < 1.29 is 0 Å². The van der Waals surface area contributed by atoms with Crippen molar-refractivity contribution >= 4 is 17.6 Å². The van der Waals surface area contributed by atoms with Gasteiger partial charge in [0, 0.05) is 36.3 Å². The highest BCUT2D eigenvalue weighted by atomic mass is 32.2. The third kappa shape index (κ3) is 3.13. The van der Waals surface area contributed by atoms with Crippen molar-refractivity contribution in [1.82, 2.24) is 4.98 Å². The van der Waals surface area contributed by atoms with Gasteiger partial charge in [0.2, 0.25) is 0 Å². The van der Waals surface area contributed by atoms with Gasteiger partial charge in [-0.25, -0.2) is 4.98 Å². The van der Waals surface area contributed by atoms with Crippen LogP contribution in [0.4, 0.5) is 5.82 Å². The summed E-state index contributed by atoms with van der Waals surface area (Å²) in [6.45, 7) is 6.46. The average molecular weight is 251 g/mol. The molecule has 3 nitrogen and oxygen atoms in total. The Bertz CT molecular complexity index is 350. The van der Waals surface area contributed by atoms with Crippen molar-refractivity contribution in [2.24, 2.45) is 5.73 Å². The molecule has 0 amide bonds. The lowest BCUT2D eigenvalue weighted by atomic mass is 10.1. The Labute approximate surface area is 108 Å². The lowest BCUT2D eigenvalue weighted by molar-refractivity contribution is 0.718. The predicted molar refractivity (Wildman–Crippen MR) is 75.6 cm³/mol. The molecule has 1 saturated heterocycles. The topological polar surface area (TPSA) is 42.1 Å². The van der Waals surface area contributed by atoms with Crippen molar-refractivity contribution in [2.45, 2.75) is 31.6 Å². The van der Waals surface area contributed by atoms with E-state index in [-0.39, 0.29) is 6.04 Å². The quantitative estimate of drug-likeness (QED) is 0.896. The van der Waals surface area contributed by atoms with E-state index in [0.29, 0.717) is 0 Å². The number of hydrogen-bond acceptors (Lipinski definition) is 4. The molecule has 2 heterocycles. The fourth-order valence-corrected chi connectivity index (χ4v) is 3.21. The molecular formula is C13H21N3S. The Morgan fingerprint density at radius 2 is 2.41 bits per heavy atom. The normalized spacial score (nSPS) is 22.5. The first-order chi connectivity index (χ1) is 8.20. The molecular weight excluding hydrogens is 230 g/mol. The van der Waals surface area contributed by atoms with Crippen LogP contribution in [-0.4, -0.2) is 29.1 Å². The largest absolute Gasteiger partial charge is 0.355 e. The number of aromatic nitrogens is 1. The lowest BCUT2D eigenvalue weighted by Gasteiger charge is -2.32. The molecule has 2 rings (SSSR count). The summed E-state index contributed by atoms with van der Waals surface area (Å²) in [7, 11) is 0. The number of rotatable bonds is 3. The molecule has 1 aromatic heterocycles. The third-order valence-corrected chi connectivity index (χ3v) is 4.59. The highest BCUT2D eigenvalue weighted by molar-refractivity contribution is 8.00. The molecule has 4 heteroatoms. The zero-order valence-corrected chi connectivity index (χ0v) is 11.4.